The second-order valence-electron chi connectivity index (χ2n) is 7.00. The summed E-state index contributed by atoms with van der Waals surface area (Å²) in [6.45, 7) is 3.20. The molecular formula is C18H21N5O2. The maximum atomic E-state index is 12.4. The van der Waals surface area contributed by atoms with Gasteiger partial charge in [-0.25, -0.2) is 4.79 Å². The Balaban J connectivity index is 1.38. The number of carbonyl (C=O) groups excluding carboxylic acids is 1. The number of aromatic nitrogens is 3. The average molecular weight is 339 g/mol. The van der Waals surface area contributed by atoms with Gasteiger partial charge in [0.2, 0.25) is 11.8 Å². The van der Waals surface area contributed by atoms with E-state index in [0.717, 1.165) is 24.8 Å². The van der Waals surface area contributed by atoms with Crippen LogP contribution in [0.3, 0.4) is 0 Å². The molecule has 2 aromatic rings. The van der Waals surface area contributed by atoms with Crippen molar-refractivity contribution in [1.29, 1.82) is 0 Å². The number of hydrogen-bond donors (Lipinski definition) is 1. The van der Waals surface area contributed by atoms with Crippen molar-refractivity contribution >= 4 is 6.03 Å². The summed E-state index contributed by atoms with van der Waals surface area (Å²) in [5, 5.41) is 11.4. The third kappa shape index (κ3) is 3.14. The zero-order valence-electron chi connectivity index (χ0n) is 14.2. The normalized spacial score (nSPS) is 21.6. The van der Waals surface area contributed by atoms with Crippen LogP contribution in [0, 0.1) is 0 Å². The van der Waals surface area contributed by atoms with Crippen molar-refractivity contribution in [1.82, 2.24) is 25.4 Å². The maximum absolute atomic E-state index is 12.4. The molecule has 25 heavy (non-hydrogen) atoms. The van der Waals surface area contributed by atoms with Crippen molar-refractivity contribution in [2.24, 2.45) is 0 Å². The molecule has 0 spiro atoms. The number of allylic oxidation sites excluding steroid dienone is 1. The maximum Gasteiger partial charge on any atom is 0.317 e. The van der Waals surface area contributed by atoms with Gasteiger partial charge in [-0.15, -0.1) is 10.2 Å². The third-order valence-corrected chi connectivity index (χ3v) is 4.81. The minimum Gasteiger partial charge on any atom is -0.420 e. The number of amides is 2. The van der Waals surface area contributed by atoms with Crippen LogP contribution in [0.15, 0.2) is 41.1 Å². The Labute approximate surface area is 146 Å². The van der Waals surface area contributed by atoms with Gasteiger partial charge < -0.3 is 14.6 Å². The first-order valence-electron chi connectivity index (χ1n) is 8.59. The number of pyridine rings is 1. The molecule has 2 aliphatic rings. The first-order valence-corrected chi connectivity index (χ1v) is 8.59. The molecule has 1 unspecified atom stereocenters. The van der Waals surface area contributed by atoms with E-state index < -0.39 is 0 Å². The van der Waals surface area contributed by atoms with Gasteiger partial charge in [-0.05, 0) is 38.3 Å². The van der Waals surface area contributed by atoms with Crippen molar-refractivity contribution < 1.29 is 9.21 Å². The molecule has 2 aromatic heterocycles. The molecular weight excluding hydrogens is 318 g/mol. The fourth-order valence-electron chi connectivity index (χ4n) is 3.34. The SMILES string of the molecule is CC1(c2nnc(-c3cccnc3)o2)CN(C(=O)NC2CC=CCC2)C1. The van der Waals surface area contributed by atoms with Gasteiger partial charge in [0.05, 0.1) is 11.0 Å². The Morgan fingerprint density at radius 1 is 1.36 bits per heavy atom. The quantitative estimate of drug-likeness (QED) is 0.869. The second kappa shape index (κ2) is 6.31. The number of urea groups is 1. The van der Waals surface area contributed by atoms with Gasteiger partial charge >= 0.3 is 6.03 Å². The minimum absolute atomic E-state index is 0.00947. The lowest BCUT2D eigenvalue weighted by atomic mass is 9.82. The first-order chi connectivity index (χ1) is 12.1. The van der Waals surface area contributed by atoms with Crippen LogP contribution in [-0.2, 0) is 5.41 Å². The van der Waals surface area contributed by atoms with E-state index in [1.807, 2.05) is 19.1 Å². The van der Waals surface area contributed by atoms with Crippen LogP contribution >= 0.6 is 0 Å². The molecule has 130 valence electrons. The average Bonchev–Trinajstić information content (AvgIpc) is 3.11. The molecule has 0 saturated carbocycles. The molecule has 4 rings (SSSR count). The molecule has 0 bridgehead atoms. The van der Waals surface area contributed by atoms with Crippen LogP contribution in [0.1, 0.15) is 32.1 Å². The summed E-state index contributed by atoms with van der Waals surface area (Å²) >= 11 is 0. The van der Waals surface area contributed by atoms with Crippen molar-refractivity contribution in [3.8, 4) is 11.5 Å². The summed E-state index contributed by atoms with van der Waals surface area (Å²) in [4.78, 5) is 18.2. The lowest BCUT2D eigenvalue weighted by Gasteiger charge is -2.45. The zero-order valence-corrected chi connectivity index (χ0v) is 14.2. The first kappa shape index (κ1) is 15.8. The highest BCUT2D eigenvalue weighted by Gasteiger charge is 2.47. The topological polar surface area (TPSA) is 84.2 Å². The van der Waals surface area contributed by atoms with Gasteiger partial charge in [0.25, 0.3) is 0 Å². The lowest BCUT2D eigenvalue weighted by molar-refractivity contribution is 0.0831. The Bertz CT molecular complexity index is 780. The van der Waals surface area contributed by atoms with Crippen LogP contribution in [-0.4, -0.2) is 45.2 Å². The molecule has 7 nitrogen and oxygen atoms in total. The Morgan fingerprint density at radius 2 is 2.24 bits per heavy atom. The van der Waals surface area contributed by atoms with Crippen LogP contribution in [0.5, 0.6) is 0 Å². The summed E-state index contributed by atoms with van der Waals surface area (Å²) in [7, 11) is 0. The number of rotatable bonds is 3. The van der Waals surface area contributed by atoms with Crippen molar-refractivity contribution in [3.05, 3.63) is 42.6 Å². The molecule has 1 saturated heterocycles. The van der Waals surface area contributed by atoms with E-state index >= 15 is 0 Å². The Morgan fingerprint density at radius 3 is 2.96 bits per heavy atom. The Kier molecular flexibility index (Phi) is 3.99. The highest BCUT2D eigenvalue weighted by atomic mass is 16.4. The van der Waals surface area contributed by atoms with Crippen molar-refractivity contribution in [2.75, 3.05) is 13.1 Å². The predicted molar refractivity (Wildman–Crippen MR) is 91.8 cm³/mol. The predicted octanol–water partition coefficient (Wildman–Crippen LogP) is 2.52. The minimum atomic E-state index is -0.294. The number of nitrogens with zero attached hydrogens (tertiary/aromatic N) is 4. The van der Waals surface area contributed by atoms with Crippen LogP contribution in [0.4, 0.5) is 4.79 Å². The number of carbonyl (C=O) groups is 1. The monoisotopic (exact) mass is 339 g/mol. The number of likely N-dealkylation sites (tertiary alicyclic amines) is 1. The van der Waals surface area contributed by atoms with Crippen LogP contribution < -0.4 is 5.32 Å². The smallest absolute Gasteiger partial charge is 0.317 e. The summed E-state index contributed by atoms with van der Waals surface area (Å²) in [6.07, 6.45) is 10.6. The molecule has 1 N–H and O–H groups in total. The highest BCUT2D eigenvalue weighted by Crippen LogP contribution is 2.34. The molecule has 1 aliphatic heterocycles. The molecule has 1 fully saturated rings. The van der Waals surface area contributed by atoms with E-state index in [2.05, 4.69) is 32.7 Å². The van der Waals surface area contributed by atoms with Crippen molar-refractivity contribution in [2.45, 2.75) is 37.6 Å². The zero-order chi connectivity index (χ0) is 17.3. The van der Waals surface area contributed by atoms with E-state index in [4.69, 9.17) is 4.42 Å². The van der Waals surface area contributed by atoms with E-state index in [1.165, 1.54) is 0 Å². The van der Waals surface area contributed by atoms with E-state index in [1.54, 1.807) is 17.3 Å². The van der Waals surface area contributed by atoms with Gasteiger partial charge in [0.15, 0.2) is 0 Å². The van der Waals surface area contributed by atoms with Crippen molar-refractivity contribution in [3.63, 3.8) is 0 Å². The summed E-state index contributed by atoms with van der Waals surface area (Å²) in [6, 6.07) is 3.94. The van der Waals surface area contributed by atoms with Gasteiger partial charge in [-0.3, -0.25) is 4.98 Å². The van der Waals surface area contributed by atoms with Gasteiger partial charge in [-0.2, -0.15) is 0 Å². The largest absolute Gasteiger partial charge is 0.420 e. The van der Waals surface area contributed by atoms with Gasteiger partial charge in [0, 0.05) is 31.5 Å². The standard InChI is InChI=1S/C18H21N5O2/c1-18(16-22-21-15(25-16)13-6-5-9-19-10-13)11-23(12-18)17(24)20-14-7-3-2-4-8-14/h2-3,5-6,9-10,14H,4,7-8,11-12H2,1H3,(H,20,24). The van der Waals surface area contributed by atoms with E-state index in [9.17, 15) is 4.79 Å². The molecule has 0 aromatic carbocycles. The lowest BCUT2D eigenvalue weighted by Crippen LogP contribution is -2.62. The van der Waals surface area contributed by atoms with E-state index in [0.29, 0.717) is 24.9 Å². The summed E-state index contributed by atoms with van der Waals surface area (Å²) in [5.74, 6) is 1.03. The molecule has 0 radical (unpaired) electrons. The van der Waals surface area contributed by atoms with E-state index in [-0.39, 0.29) is 17.5 Å². The molecule has 2 amide bonds. The van der Waals surface area contributed by atoms with Crippen LogP contribution in [0.2, 0.25) is 0 Å². The summed E-state index contributed by atoms with van der Waals surface area (Å²) < 4.78 is 5.82. The number of nitrogens with one attached hydrogen (secondary N) is 1. The second-order valence-corrected chi connectivity index (χ2v) is 7.00. The van der Waals surface area contributed by atoms with Gasteiger partial charge in [-0.1, -0.05) is 12.2 Å². The molecule has 3 heterocycles. The number of hydrogen-bond acceptors (Lipinski definition) is 5. The highest BCUT2D eigenvalue weighted by molar-refractivity contribution is 5.76. The van der Waals surface area contributed by atoms with Gasteiger partial charge in [0.1, 0.15) is 0 Å². The molecule has 1 aliphatic carbocycles. The fraction of sp³-hybridized carbons (Fsp3) is 0.444. The molecule has 1 atom stereocenters. The third-order valence-electron chi connectivity index (χ3n) is 4.81. The summed E-state index contributed by atoms with van der Waals surface area (Å²) in [5.41, 5.74) is 0.501. The molecule has 7 heteroatoms. The van der Waals surface area contributed by atoms with Crippen LogP contribution in [0.25, 0.3) is 11.5 Å². The fourth-order valence-corrected chi connectivity index (χ4v) is 3.34. The Hall–Kier alpha value is -2.70.